The summed E-state index contributed by atoms with van der Waals surface area (Å²) in [6.07, 6.45) is 3.79. The Labute approximate surface area is 163 Å². The van der Waals surface area contributed by atoms with Gasteiger partial charge in [0.1, 0.15) is 0 Å². The summed E-state index contributed by atoms with van der Waals surface area (Å²) >= 11 is 0. The quantitative estimate of drug-likeness (QED) is 0.687. The number of aromatic nitrogens is 1. The number of rotatable bonds is 4. The lowest BCUT2D eigenvalue weighted by atomic mass is 9.72. The van der Waals surface area contributed by atoms with Crippen LogP contribution in [0.1, 0.15) is 10.4 Å². The lowest BCUT2D eigenvalue weighted by Crippen LogP contribution is -2.72. The van der Waals surface area contributed by atoms with Crippen LogP contribution < -0.4 is 15.5 Å². The molecule has 0 aliphatic carbocycles. The molecule has 2 aromatic carbocycles. The maximum atomic E-state index is 11.8. The third-order valence-electron chi connectivity index (χ3n) is 5.83. The van der Waals surface area contributed by atoms with Crippen LogP contribution in [0, 0.1) is 5.41 Å². The van der Waals surface area contributed by atoms with E-state index in [1.165, 1.54) is 0 Å². The number of anilines is 3. The van der Waals surface area contributed by atoms with E-state index in [-0.39, 0.29) is 5.41 Å². The van der Waals surface area contributed by atoms with E-state index >= 15 is 0 Å². The van der Waals surface area contributed by atoms with Crippen molar-refractivity contribution in [2.75, 3.05) is 41.7 Å². The highest BCUT2D eigenvalue weighted by Gasteiger charge is 2.52. The molecule has 2 fully saturated rings. The Morgan fingerprint density at radius 1 is 0.857 bits per heavy atom. The Bertz CT molecular complexity index is 1030. The zero-order valence-corrected chi connectivity index (χ0v) is 15.5. The van der Waals surface area contributed by atoms with Crippen molar-refractivity contribution >= 4 is 23.0 Å². The molecule has 0 unspecified atom stereocenters. The maximum Gasteiger partial charge on any atom is 0.337 e. The zero-order chi connectivity index (χ0) is 19.3. The molecule has 1 spiro atoms. The number of nitrogens with two attached hydrogens (primary N) is 1. The van der Waals surface area contributed by atoms with E-state index < -0.39 is 5.97 Å². The first-order chi connectivity index (χ1) is 13.6. The van der Waals surface area contributed by atoms with E-state index in [2.05, 4.69) is 15.9 Å². The lowest BCUT2D eigenvalue weighted by molar-refractivity contribution is 0.0697. The van der Waals surface area contributed by atoms with Gasteiger partial charge in [-0.3, -0.25) is 0 Å². The van der Waals surface area contributed by atoms with Gasteiger partial charge in [0.25, 0.3) is 0 Å². The van der Waals surface area contributed by atoms with Crippen LogP contribution in [0.2, 0.25) is 0 Å². The number of carbonyl (C=O) groups is 1. The van der Waals surface area contributed by atoms with Crippen LogP contribution in [0.25, 0.3) is 5.69 Å². The summed E-state index contributed by atoms with van der Waals surface area (Å²) in [5, 5.41) is 9.66. The highest BCUT2D eigenvalue weighted by atomic mass is 16.4. The molecule has 0 atom stereocenters. The minimum atomic E-state index is -0.907. The molecule has 5 rings (SSSR count). The summed E-state index contributed by atoms with van der Waals surface area (Å²) in [4.78, 5) is 16.4. The van der Waals surface area contributed by atoms with E-state index in [4.69, 9.17) is 5.73 Å². The molecular formula is C22H22N4O2. The SMILES string of the molecule is Nc1ccccc1N1CC2(C1)CN(c1cccc(C(=O)O)c1-n1cccc1)C2. The van der Waals surface area contributed by atoms with Crippen molar-refractivity contribution in [1.29, 1.82) is 0 Å². The number of hydrogen-bond acceptors (Lipinski definition) is 4. The van der Waals surface area contributed by atoms with E-state index in [0.29, 0.717) is 5.56 Å². The Balaban J connectivity index is 1.37. The lowest BCUT2D eigenvalue weighted by Gasteiger charge is -2.62. The molecule has 3 heterocycles. The van der Waals surface area contributed by atoms with Gasteiger partial charge in [0.05, 0.1) is 28.3 Å². The topological polar surface area (TPSA) is 74.7 Å². The average Bonchev–Trinajstić information content (AvgIpc) is 3.14. The molecule has 2 aliphatic heterocycles. The van der Waals surface area contributed by atoms with Crippen molar-refractivity contribution < 1.29 is 9.90 Å². The standard InChI is InChI=1S/C22H22N4O2/c23-17-7-1-2-8-18(17)25-12-22(13-25)14-26(15-22)19-9-5-6-16(21(27)28)20(19)24-10-3-4-11-24/h1-11H,12-15,23H2,(H,27,28). The highest BCUT2D eigenvalue weighted by molar-refractivity contribution is 5.95. The Kier molecular flexibility index (Phi) is 3.62. The van der Waals surface area contributed by atoms with Crippen LogP contribution in [0.4, 0.5) is 17.1 Å². The molecule has 2 aliphatic rings. The molecular weight excluding hydrogens is 352 g/mol. The van der Waals surface area contributed by atoms with Gasteiger partial charge in [-0.05, 0) is 36.4 Å². The molecule has 28 heavy (non-hydrogen) atoms. The second-order valence-electron chi connectivity index (χ2n) is 7.84. The number of carboxylic acids is 1. The normalized spacial score (nSPS) is 17.3. The van der Waals surface area contributed by atoms with Crippen LogP contribution in [0.15, 0.2) is 67.0 Å². The Morgan fingerprint density at radius 3 is 2.11 bits per heavy atom. The summed E-state index contributed by atoms with van der Waals surface area (Å²) in [5.74, 6) is -0.907. The number of nitrogen functional groups attached to an aromatic ring is 1. The Hall–Kier alpha value is -3.41. The van der Waals surface area contributed by atoms with Crippen molar-refractivity contribution in [3.05, 3.63) is 72.6 Å². The smallest absolute Gasteiger partial charge is 0.337 e. The van der Waals surface area contributed by atoms with Gasteiger partial charge in [-0.1, -0.05) is 18.2 Å². The predicted molar refractivity (Wildman–Crippen MR) is 110 cm³/mol. The molecule has 0 bridgehead atoms. The zero-order valence-electron chi connectivity index (χ0n) is 15.5. The van der Waals surface area contributed by atoms with Gasteiger partial charge in [-0.15, -0.1) is 0 Å². The fourth-order valence-corrected chi connectivity index (χ4v) is 4.56. The summed E-state index contributed by atoms with van der Waals surface area (Å²) in [6, 6.07) is 17.3. The monoisotopic (exact) mass is 374 g/mol. The number of carboxylic acid groups (broad SMARTS) is 1. The molecule has 2 saturated heterocycles. The summed E-state index contributed by atoms with van der Waals surface area (Å²) in [7, 11) is 0. The summed E-state index contributed by atoms with van der Waals surface area (Å²) in [6.45, 7) is 3.81. The molecule has 1 aromatic heterocycles. The highest BCUT2D eigenvalue weighted by Crippen LogP contribution is 2.46. The van der Waals surface area contributed by atoms with Gasteiger partial charge >= 0.3 is 5.97 Å². The van der Waals surface area contributed by atoms with Crippen LogP contribution in [0.5, 0.6) is 0 Å². The third kappa shape index (κ3) is 2.52. The van der Waals surface area contributed by atoms with Crippen LogP contribution in [-0.4, -0.2) is 41.8 Å². The largest absolute Gasteiger partial charge is 0.478 e. The number of hydrogen-bond donors (Lipinski definition) is 2. The molecule has 3 aromatic rings. The third-order valence-corrected chi connectivity index (χ3v) is 5.83. The van der Waals surface area contributed by atoms with Gasteiger partial charge in [0.2, 0.25) is 0 Å². The average molecular weight is 374 g/mol. The van der Waals surface area contributed by atoms with E-state index in [0.717, 1.165) is 48.9 Å². The molecule has 0 radical (unpaired) electrons. The molecule has 6 heteroatoms. The van der Waals surface area contributed by atoms with E-state index in [1.54, 1.807) is 6.07 Å². The fourth-order valence-electron chi connectivity index (χ4n) is 4.56. The number of nitrogens with zero attached hydrogens (tertiary/aromatic N) is 3. The van der Waals surface area contributed by atoms with Crippen molar-refractivity contribution in [3.63, 3.8) is 0 Å². The van der Waals surface area contributed by atoms with E-state index in [1.807, 2.05) is 59.4 Å². The fraction of sp³-hybridized carbons (Fsp3) is 0.227. The van der Waals surface area contributed by atoms with Crippen molar-refractivity contribution in [3.8, 4) is 5.69 Å². The first kappa shape index (κ1) is 16.7. The van der Waals surface area contributed by atoms with Crippen LogP contribution >= 0.6 is 0 Å². The molecule has 3 N–H and O–H groups in total. The Morgan fingerprint density at radius 2 is 1.46 bits per heavy atom. The van der Waals surface area contributed by atoms with Gasteiger partial charge in [0.15, 0.2) is 0 Å². The molecule has 6 nitrogen and oxygen atoms in total. The van der Waals surface area contributed by atoms with Crippen molar-refractivity contribution in [2.45, 2.75) is 0 Å². The number of benzene rings is 2. The molecule has 142 valence electrons. The number of para-hydroxylation sites is 3. The summed E-state index contributed by atoms with van der Waals surface area (Å²) < 4.78 is 1.89. The van der Waals surface area contributed by atoms with E-state index in [9.17, 15) is 9.90 Å². The molecule has 0 amide bonds. The maximum absolute atomic E-state index is 11.8. The van der Waals surface area contributed by atoms with Crippen molar-refractivity contribution in [2.24, 2.45) is 5.41 Å². The minimum absolute atomic E-state index is 0.259. The minimum Gasteiger partial charge on any atom is -0.478 e. The summed E-state index contributed by atoms with van der Waals surface area (Å²) in [5.41, 5.74) is 10.3. The first-order valence-corrected chi connectivity index (χ1v) is 9.40. The van der Waals surface area contributed by atoms with Gasteiger partial charge in [-0.25, -0.2) is 4.79 Å². The van der Waals surface area contributed by atoms with Crippen LogP contribution in [0.3, 0.4) is 0 Å². The van der Waals surface area contributed by atoms with Gasteiger partial charge in [-0.2, -0.15) is 0 Å². The molecule has 0 saturated carbocycles. The second kappa shape index (κ2) is 6.05. The predicted octanol–water partition coefficient (Wildman–Crippen LogP) is 3.08. The second-order valence-corrected chi connectivity index (χ2v) is 7.84. The van der Waals surface area contributed by atoms with Crippen molar-refractivity contribution in [1.82, 2.24) is 4.57 Å². The van der Waals surface area contributed by atoms with Crippen LogP contribution in [-0.2, 0) is 0 Å². The van der Waals surface area contributed by atoms with Gasteiger partial charge in [0, 0.05) is 44.0 Å². The first-order valence-electron chi connectivity index (χ1n) is 9.40. The number of aromatic carboxylic acids is 1. The van der Waals surface area contributed by atoms with Gasteiger partial charge < -0.3 is 25.2 Å².